The van der Waals surface area contributed by atoms with Crippen LogP contribution in [0.2, 0.25) is 0 Å². The number of thiazole rings is 1. The Labute approximate surface area is 152 Å². The lowest BCUT2D eigenvalue weighted by Gasteiger charge is -2.35. The van der Waals surface area contributed by atoms with Crippen LogP contribution in [0.4, 0.5) is 5.69 Å². The molecule has 0 aliphatic carbocycles. The molecule has 0 saturated carbocycles. The first-order chi connectivity index (χ1) is 12.3. The van der Waals surface area contributed by atoms with E-state index in [1.807, 2.05) is 6.07 Å². The van der Waals surface area contributed by atoms with Crippen molar-refractivity contribution < 1.29 is 0 Å². The highest BCUT2D eigenvalue weighted by molar-refractivity contribution is 7.13. The van der Waals surface area contributed by atoms with E-state index < -0.39 is 0 Å². The monoisotopic (exact) mass is 351 g/mol. The molecule has 128 valence electrons. The Hall–Kier alpha value is -2.31. The lowest BCUT2D eigenvalue weighted by atomic mass is 10.2. The van der Waals surface area contributed by atoms with E-state index in [2.05, 4.69) is 56.3 Å². The topological polar surface area (TPSA) is 45.2 Å². The highest BCUT2D eigenvalue weighted by Gasteiger charge is 2.18. The molecule has 5 nitrogen and oxygen atoms in total. The van der Waals surface area contributed by atoms with Crippen molar-refractivity contribution in [2.45, 2.75) is 13.5 Å². The Bertz CT molecular complexity index is 825. The molecule has 1 aliphatic rings. The third-order valence-corrected chi connectivity index (χ3v) is 5.32. The van der Waals surface area contributed by atoms with E-state index >= 15 is 0 Å². The van der Waals surface area contributed by atoms with Crippen LogP contribution in [0.5, 0.6) is 0 Å². The molecule has 0 unspecified atom stereocenters. The molecule has 4 rings (SSSR count). The number of aromatic nitrogens is 3. The summed E-state index contributed by atoms with van der Waals surface area (Å²) in [6.07, 6.45) is 3.52. The van der Waals surface area contributed by atoms with E-state index in [4.69, 9.17) is 4.98 Å². The Morgan fingerprint density at radius 1 is 1.04 bits per heavy atom. The minimum absolute atomic E-state index is 0.711. The molecule has 0 atom stereocenters. The van der Waals surface area contributed by atoms with Crippen molar-refractivity contribution >= 4 is 17.0 Å². The lowest BCUT2D eigenvalue weighted by molar-refractivity contribution is 0.247. The molecule has 0 bridgehead atoms. The van der Waals surface area contributed by atoms with Crippen LogP contribution in [-0.2, 0) is 6.54 Å². The van der Waals surface area contributed by atoms with Gasteiger partial charge in [0.25, 0.3) is 0 Å². The maximum atomic E-state index is 4.70. The summed E-state index contributed by atoms with van der Waals surface area (Å²) in [6.45, 7) is 7.27. The van der Waals surface area contributed by atoms with Crippen molar-refractivity contribution in [3.8, 4) is 10.8 Å². The van der Waals surface area contributed by atoms with Gasteiger partial charge in [-0.25, -0.2) is 15.0 Å². The number of hydrogen-bond donors (Lipinski definition) is 0. The van der Waals surface area contributed by atoms with E-state index in [9.17, 15) is 0 Å². The molecule has 0 N–H and O–H groups in total. The van der Waals surface area contributed by atoms with E-state index in [1.165, 1.54) is 11.3 Å². The van der Waals surface area contributed by atoms with Crippen LogP contribution in [0.3, 0.4) is 0 Å². The third-order valence-electron chi connectivity index (χ3n) is 4.43. The highest BCUT2D eigenvalue weighted by atomic mass is 32.1. The predicted molar refractivity (Wildman–Crippen MR) is 102 cm³/mol. The van der Waals surface area contributed by atoms with Crippen molar-refractivity contribution in [2.75, 3.05) is 31.1 Å². The number of benzene rings is 1. The van der Waals surface area contributed by atoms with Gasteiger partial charge in [0.1, 0.15) is 0 Å². The van der Waals surface area contributed by atoms with Gasteiger partial charge in [0.05, 0.1) is 5.69 Å². The predicted octanol–water partition coefficient (Wildman–Crippen LogP) is 3.23. The second kappa shape index (κ2) is 7.29. The number of anilines is 1. The zero-order valence-electron chi connectivity index (χ0n) is 14.3. The van der Waals surface area contributed by atoms with Gasteiger partial charge in [-0.2, -0.15) is 0 Å². The molecular weight excluding hydrogens is 330 g/mol. The first-order valence-electron chi connectivity index (χ1n) is 8.54. The van der Waals surface area contributed by atoms with Crippen LogP contribution < -0.4 is 4.90 Å². The molecule has 0 amide bonds. The largest absolute Gasteiger partial charge is 0.369 e. The second-order valence-corrected chi connectivity index (χ2v) is 7.18. The van der Waals surface area contributed by atoms with Gasteiger partial charge >= 0.3 is 0 Å². The van der Waals surface area contributed by atoms with E-state index in [0.29, 0.717) is 5.82 Å². The molecule has 3 aromatic rings. The van der Waals surface area contributed by atoms with E-state index in [0.717, 1.165) is 43.4 Å². The maximum absolute atomic E-state index is 4.70. The average molecular weight is 351 g/mol. The summed E-state index contributed by atoms with van der Waals surface area (Å²) in [7, 11) is 0. The van der Waals surface area contributed by atoms with Crippen molar-refractivity contribution in [3.05, 3.63) is 59.4 Å². The first-order valence-corrected chi connectivity index (χ1v) is 9.42. The summed E-state index contributed by atoms with van der Waals surface area (Å²) in [5, 5.41) is 3.02. The van der Waals surface area contributed by atoms with E-state index in [-0.39, 0.29) is 0 Å². The zero-order chi connectivity index (χ0) is 17.1. The Balaban J connectivity index is 1.35. The van der Waals surface area contributed by atoms with Crippen LogP contribution in [0.25, 0.3) is 10.8 Å². The molecule has 1 saturated heterocycles. The fourth-order valence-corrected chi connectivity index (χ4v) is 3.87. The molecule has 0 radical (unpaired) electrons. The summed E-state index contributed by atoms with van der Waals surface area (Å²) < 4.78 is 0. The molecule has 6 heteroatoms. The molecular formula is C19H21N5S. The second-order valence-electron chi connectivity index (χ2n) is 6.32. The Morgan fingerprint density at radius 3 is 2.60 bits per heavy atom. The van der Waals surface area contributed by atoms with Gasteiger partial charge in [0, 0.05) is 56.2 Å². The quantitative estimate of drug-likeness (QED) is 0.722. The van der Waals surface area contributed by atoms with Gasteiger partial charge in [-0.15, -0.1) is 11.3 Å². The standard InChI is InChI=1S/C19H21N5S/c1-15-4-2-5-17(12-15)24-10-8-23(9-11-24)13-16-14-25-19(22-16)18-20-6-3-7-21-18/h2-7,12,14H,8-11,13H2,1H3. The normalized spacial score (nSPS) is 15.5. The minimum atomic E-state index is 0.711. The lowest BCUT2D eigenvalue weighted by Crippen LogP contribution is -2.46. The maximum Gasteiger partial charge on any atom is 0.188 e. The number of piperazine rings is 1. The Kier molecular flexibility index (Phi) is 4.72. The van der Waals surface area contributed by atoms with Crippen molar-refractivity contribution in [3.63, 3.8) is 0 Å². The summed E-state index contributed by atoms with van der Waals surface area (Å²) in [4.78, 5) is 18.2. The molecule has 25 heavy (non-hydrogen) atoms. The van der Waals surface area contributed by atoms with Crippen molar-refractivity contribution in [2.24, 2.45) is 0 Å². The van der Waals surface area contributed by atoms with Gasteiger partial charge in [0.2, 0.25) is 0 Å². The summed E-state index contributed by atoms with van der Waals surface area (Å²) in [5.41, 5.74) is 3.76. The zero-order valence-corrected chi connectivity index (χ0v) is 15.1. The molecule has 3 heterocycles. The van der Waals surface area contributed by atoms with Gasteiger partial charge in [0.15, 0.2) is 10.8 Å². The smallest absolute Gasteiger partial charge is 0.188 e. The van der Waals surface area contributed by atoms with Gasteiger partial charge in [-0.1, -0.05) is 12.1 Å². The van der Waals surface area contributed by atoms with Crippen LogP contribution in [0.15, 0.2) is 48.1 Å². The third kappa shape index (κ3) is 3.86. The molecule has 1 aliphatic heterocycles. The first kappa shape index (κ1) is 16.2. The van der Waals surface area contributed by atoms with Gasteiger partial charge in [-0.05, 0) is 30.7 Å². The highest BCUT2D eigenvalue weighted by Crippen LogP contribution is 2.22. The minimum Gasteiger partial charge on any atom is -0.369 e. The van der Waals surface area contributed by atoms with Crippen molar-refractivity contribution in [1.29, 1.82) is 0 Å². The van der Waals surface area contributed by atoms with Gasteiger partial charge < -0.3 is 4.90 Å². The molecule has 0 spiro atoms. The Morgan fingerprint density at radius 2 is 1.84 bits per heavy atom. The summed E-state index contributed by atoms with van der Waals surface area (Å²) >= 11 is 1.62. The fourth-order valence-electron chi connectivity index (χ4n) is 3.11. The van der Waals surface area contributed by atoms with E-state index in [1.54, 1.807) is 23.7 Å². The van der Waals surface area contributed by atoms with Gasteiger partial charge in [-0.3, -0.25) is 4.90 Å². The number of aryl methyl sites for hydroxylation is 1. The number of hydrogen-bond acceptors (Lipinski definition) is 6. The SMILES string of the molecule is Cc1cccc(N2CCN(Cc3csc(-c4ncccn4)n3)CC2)c1. The summed E-state index contributed by atoms with van der Waals surface area (Å²) in [5.74, 6) is 0.711. The molecule has 2 aromatic heterocycles. The van der Waals surface area contributed by atoms with Crippen molar-refractivity contribution in [1.82, 2.24) is 19.9 Å². The van der Waals surface area contributed by atoms with Crippen LogP contribution in [0, 0.1) is 6.92 Å². The summed E-state index contributed by atoms with van der Waals surface area (Å²) in [6, 6.07) is 10.6. The van der Waals surface area contributed by atoms with Crippen LogP contribution in [-0.4, -0.2) is 46.0 Å². The molecule has 1 fully saturated rings. The fraction of sp³-hybridized carbons (Fsp3) is 0.316. The average Bonchev–Trinajstić information content (AvgIpc) is 3.12. The van der Waals surface area contributed by atoms with Crippen LogP contribution >= 0.6 is 11.3 Å². The van der Waals surface area contributed by atoms with Crippen LogP contribution in [0.1, 0.15) is 11.3 Å². The number of nitrogens with zero attached hydrogens (tertiary/aromatic N) is 5. The number of rotatable bonds is 4. The molecule has 1 aromatic carbocycles.